The minimum Gasteiger partial charge on any atom is -0.466 e. The van der Waals surface area contributed by atoms with Crippen LogP contribution in [0.4, 0.5) is 13.2 Å². The summed E-state index contributed by atoms with van der Waals surface area (Å²) in [5.74, 6) is -0.801. The van der Waals surface area contributed by atoms with Crippen molar-refractivity contribution in [1.29, 1.82) is 0 Å². The SMILES string of the molecule is CCOC(=O)Cc1cccc(OC(F)(F)F)c1I. The maximum Gasteiger partial charge on any atom is 0.573 e. The number of ether oxygens (including phenoxy) is 2. The lowest BCUT2D eigenvalue weighted by Crippen LogP contribution is -2.18. The zero-order valence-corrected chi connectivity index (χ0v) is 11.5. The predicted molar refractivity (Wildman–Crippen MR) is 66.2 cm³/mol. The van der Waals surface area contributed by atoms with E-state index in [4.69, 9.17) is 4.74 Å². The van der Waals surface area contributed by atoms with Gasteiger partial charge in [0, 0.05) is 0 Å². The van der Waals surface area contributed by atoms with Crippen molar-refractivity contribution >= 4 is 28.6 Å². The Labute approximate surface area is 115 Å². The fraction of sp³-hybridized carbons (Fsp3) is 0.364. The minimum atomic E-state index is -4.75. The molecule has 0 aliphatic heterocycles. The first-order chi connectivity index (χ1) is 8.33. The highest BCUT2D eigenvalue weighted by Crippen LogP contribution is 2.30. The Morgan fingerprint density at radius 3 is 2.61 bits per heavy atom. The third-order valence-electron chi connectivity index (χ3n) is 1.91. The highest BCUT2D eigenvalue weighted by Gasteiger charge is 2.32. The normalized spacial score (nSPS) is 11.2. The van der Waals surface area contributed by atoms with Crippen LogP contribution < -0.4 is 4.74 Å². The first kappa shape index (κ1) is 15.1. The van der Waals surface area contributed by atoms with Gasteiger partial charge < -0.3 is 9.47 Å². The number of rotatable bonds is 4. The van der Waals surface area contributed by atoms with Crippen molar-refractivity contribution in [2.24, 2.45) is 0 Å². The molecule has 1 rings (SSSR count). The van der Waals surface area contributed by atoms with Gasteiger partial charge >= 0.3 is 12.3 Å². The van der Waals surface area contributed by atoms with E-state index in [0.29, 0.717) is 5.56 Å². The second kappa shape index (κ2) is 6.26. The summed E-state index contributed by atoms with van der Waals surface area (Å²) in [6.45, 7) is 1.89. The number of hydrogen-bond donors (Lipinski definition) is 0. The molecule has 0 aromatic heterocycles. The highest BCUT2D eigenvalue weighted by atomic mass is 127. The molecule has 3 nitrogen and oxygen atoms in total. The predicted octanol–water partition coefficient (Wildman–Crippen LogP) is 3.30. The van der Waals surface area contributed by atoms with Crippen molar-refractivity contribution in [2.45, 2.75) is 19.7 Å². The molecule has 7 heteroatoms. The zero-order chi connectivity index (χ0) is 13.8. The van der Waals surface area contributed by atoms with Gasteiger partial charge in [-0.05, 0) is 41.1 Å². The molecule has 18 heavy (non-hydrogen) atoms. The van der Waals surface area contributed by atoms with Crippen LogP contribution in [0, 0.1) is 3.57 Å². The Balaban J connectivity index is 2.88. The molecular weight excluding hydrogens is 364 g/mol. The molecule has 0 aliphatic carbocycles. The van der Waals surface area contributed by atoms with Crippen LogP contribution in [0.25, 0.3) is 0 Å². The molecule has 0 saturated heterocycles. The van der Waals surface area contributed by atoms with E-state index in [1.807, 2.05) is 0 Å². The van der Waals surface area contributed by atoms with Gasteiger partial charge in [0.25, 0.3) is 0 Å². The van der Waals surface area contributed by atoms with E-state index in [-0.39, 0.29) is 22.3 Å². The van der Waals surface area contributed by atoms with Crippen LogP contribution in [0.15, 0.2) is 18.2 Å². The molecule has 0 N–H and O–H groups in total. The first-order valence-electron chi connectivity index (χ1n) is 5.02. The van der Waals surface area contributed by atoms with Gasteiger partial charge in [0.2, 0.25) is 0 Å². The third kappa shape index (κ3) is 4.71. The van der Waals surface area contributed by atoms with Gasteiger partial charge in [-0.15, -0.1) is 13.2 Å². The van der Waals surface area contributed by atoms with Gasteiger partial charge in [0.05, 0.1) is 16.6 Å². The number of halogens is 4. The fourth-order valence-electron chi connectivity index (χ4n) is 1.26. The fourth-order valence-corrected chi connectivity index (χ4v) is 1.92. The van der Waals surface area contributed by atoms with Crippen molar-refractivity contribution in [2.75, 3.05) is 6.61 Å². The Bertz CT molecular complexity index is 432. The summed E-state index contributed by atoms with van der Waals surface area (Å²) in [7, 11) is 0. The monoisotopic (exact) mass is 374 g/mol. The quantitative estimate of drug-likeness (QED) is 0.600. The Kier molecular flexibility index (Phi) is 5.24. The Morgan fingerprint density at radius 1 is 1.39 bits per heavy atom. The molecule has 0 radical (unpaired) electrons. The van der Waals surface area contributed by atoms with Crippen LogP contribution in [0.1, 0.15) is 12.5 Å². The van der Waals surface area contributed by atoms with Crippen LogP contribution in [0.2, 0.25) is 0 Å². The summed E-state index contributed by atoms with van der Waals surface area (Å²) in [5, 5.41) is 0. The molecule has 0 unspecified atom stereocenters. The van der Waals surface area contributed by atoms with Gasteiger partial charge in [-0.2, -0.15) is 0 Å². The molecule has 0 bridgehead atoms. The Hall–Kier alpha value is -0.990. The van der Waals surface area contributed by atoms with E-state index < -0.39 is 12.3 Å². The van der Waals surface area contributed by atoms with E-state index in [1.54, 1.807) is 35.6 Å². The van der Waals surface area contributed by atoms with Crippen molar-refractivity contribution in [1.82, 2.24) is 0 Å². The van der Waals surface area contributed by atoms with Crippen molar-refractivity contribution < 1.29 is 27.4 Å². The summed E-state index contributed by atoms with van der Waals surface area (Å²) >= 11 is 1.71. The molecule has 0 atom stereocenters. The topological polar surface area (TPSA) is 35.5 Å². The minimum absolute atomic E-state index is 0.0822. The lowest BCUT2D eigenvalue weighted by molar-refractivity contribution is -0.275. The second-order valence-electron chi connectivity index (χ2n) is 3.26. The van der Waals surface area contributed by atoms with Crippen LogP contribution in [0.3, 0.4) is 0 Å². The lowest BCUT2D eigenvalue weighted by Gasteiger charge is -2.12. The maximum absolute atomic E-state index is 12.1. The van der Waals surface area contributed by atoms with E-state index in [1.165, 1.54) is 12.1 Å². The number of carbonyl (C=O) groups is 1. The maximum atomic E-state index is 12.1. The number of benzene rings is 1. The van der Waals surface area contributed by atoms with Crippen LogP contribution in [-0.2, 0) is 16.0 Å². The van der Waals surface area contributed by atoms with Crippen molar-refractivity contribution in [3.63, 3.8) is 0 Å². The van der Waals surface area contributed by atoms with Gasteiger partial charge in [0.1, 0.15) is 5.75 Å². The van der Waals surface area contributed by atoms with Crippen LogP contribution in [-0.4, -0.2) is 18.9 Å². The molecule has 0 saturated carbocycles. The summed E-state index contributed by atoms with van der Waals surface area (Å²) in [5.41, 5.74) is 0.441. The molecule has 0 spiro atoms. The van der Waals surface area contributed by atoms with E-state index >= 15 is 0 Å². The van der Waals surface area contributed by atoms with Gasteiger partial charge in [-0.3, -0.25) is 4.79 Å². The second-order valence-corrected chi connectivity index (χ2v) is 4.34. The molecule has 0 aliphatic rings. The van der Waals surface area contributed by atoms with Gasteiger partial charge in [0.15, 0.2) is 0 Å². The summed E-state index contributed by atoms with van der Waals surface area (Å²) < 4.78 is 45.2. The average molecular weight is 374 g/mol. The van der Waals surface area contributed by atoms with Gasteiger partial charge in [-0.1, -0.05) is 12.1 Å². The smallest absolute Gasteiger partial charge is 0.466 e. The molecular formula is C11H10F3IO3. The van der Waals surface area contributed by atoms with Gasteiger partial charge in [-0.25, -0.2) is 0 Å². The molecule has 100 valence electrons. The average Bonchev–Trinajstić information content (AvgIpc) is 2.22. The highest BCUT2D eigenvalue weighted by molar-refractivity contribution is 14.1. The zero-order valence-electron chi connectivity index (χ0n) is 9.38. The number of esters is 1. The summed E-state index contributed by atoms with van der Waals surface area (Å²) in [6.07, 6.45) is -4.83. The lowest BCUT2D eigenvalue weighted by atomic mass is 10.1. The standard InChI is InChI=1S/C11H10F3IO3/c1-2-17-9(16)6-7-4-3-5-8(10(7)15)18-11(12,13)14/h3-5H,2,6H2,1H3. The van der Waals surface area contributed by atoms with E-state index in [0.717, 1.165) is 0 Å². The number of hydrogen-bond acceptors (Lipinski definition) is 3. The van der Waals surface area contributed by atoms with Crippen molar-refractivity contribution in [3.8, 4) is 5.75 Å². The largest absolute Gasteiger partial charge is 0.573 e. The molecule has 0 heterocycles. The Morgan fingerprint density at radius 2 is 2.06 bits per heavy atom. The van der Waals surface area contributed by atoms with Crippen LogP contribution >= 0.6 is 22.6 Å². The van der Waals surface area contributed by atoms with Crippen LogP contribution in [0.5, 0.6) is 5.75 Å². The molecule has 1 aromatic carbocycles. The molecule has 0 amide bonds. The summed E-state index contributed by atoms with van der Waals surface area (Å²) in [6, 6.07) is 4.16. The number of carbonyl (C=O) groups excluding carboxylic acids is 1. The first-order valence-corrected chi connectivity index (χ1v) is 6.10. The molecule has 0 fully saturated rings. The number of alkyl halides is 3. The van der Waals surface area contributed by atoms with Crippen molar-refractivity contribution in [3.05, 3.63) is 27.3 Å². The summed E-state index contributed by atoms with van der Waals surface area (Å²) in [4.78, 5) is 11.3. The van der Waals surface area contributed by atoms with E-state index in [9.17, 15) is 18.0 Å². The van der Waals surface area contributed by atoms with E-state index in [2.05, 4.69) is 4.74 Å². The molecule has 1 aromatic rings. The third-order valence-corrected chi connectivity index (χ3v) is 3.13.